The van der Waals surface area contributed by atoms with E-state index in [1.807, 2.05) is 0 Å². The van der Waals surface area contributed by atoms with Crippen molar-refractivity contribution in [2.45, 2.75) is 111 Å². The van der Waals surface area contributed by atoms with E-state index in [1.54, 1.807) is 0 Å². The highest BCUT2D eigenvalue weighted by Gasteiger charge is 2.44. The van der Waals surface area contributed by atoms with Crippen LogP contribution < -0.4 is 0 Å². The van der Waals surface area contributed by atoms with Gasteiger partial charge in [0.15, 0.2) is 0 Å². The van der Waals surface area contributed by atoms with Gasteiger partial charge < -0.3 is 9.47 Å². The highest BCUT2D eigenvalue weighted by Crippen LogP contribution is 2.38. The summed E-state index contributed by atoms with van der Waals surface area (Å²) in [6, 6.07) is 0. The van der Waals surface area contributed by atoms with Gasteiger partial charge in [0.05, 0.1) is 25.0 Å². The Bertz CT molecular complexity index is 421. The Kier molecular flexibility index (Phi) is 14.1. The van der Waals surface area contributed by atoms with Crippen LogP contribution in [0.15, 0.2) is 0 Å². The number of esters is 2. The molecule has 0 spiro atoms. The third-order valence-corrected chi connectivity index (χ3v) is 6.04. The summed E-state index contributed by atoms with van der Waals surface area (Å²) in [5.74, 6) is -0.826. The lowest BCUT2D eigenvalue weighted by Gasteiger charge is -2.20. The maximum atomic E-state index is 12.6. The molecule has 1 rings (SSSR count). The largest absolute Gasteiger partial charge is 0.465 e. The molecule has 0 N–H and O–H groups in total. The first-order valence-corrected chi connectivity index (χ1v) is 11.9. The number of carbonyl (C=O) groups is 2. The lowest BCUT2D eigenvalue weighted by Crippen LogP contribution is -2.31. The molecule has 3 unspecified atom stereocenters. The molecule has 0 aromatic carbocycles. The van der Waals surface area contributed by atoms with Crippen molar-refractivity contribution in [1.82, 2.24) is 0 Å². The van der Waals surface area contributed by atoms with Gasteiger partial charge in [-0.2, -0.15) is 0 Å². The number of unbranched alkanes of at least 4 members (excludes halogenated alkanes) is 10. The first-order chi connectivity index (χ1) is 13.6. The number of hydrogen-bond acceptors (Lipinski definition) is 4. The van der Waals surface area contributed by atoms with Crippen LogP contribution in [-0.2, 0) is 19.1 Å². The highest BCUT2D eigenvalue weighted by molar-refractivity contribution is 5.83. The normalized spacial score (nSPS) is 21.6. The summed E-state index contributed by atoms with van der Waals surface area (Å²) in [6.45, 7) is 7.43. The van der Waals surface area contributed by atoms with E-state index in [0.717, 1.165) is 38.5 Å². The maximum Gasteiger partial charge on any atom is 0.310 e. The molecule has 0 radical (unpaired) electrons. The predicted molar refractivity (Wildman–Crippen MR) is 114 cm³/mol. The average Bonchev–Trinajstić information content (AvgIpc) is 3.08. The van der Waals surface area contributed by atoms with Gasteiger partial charge >= 0.3 is 11.9 Å². The zero-order valence-corrected chi connectivity index (χ0v) is 18.7. The van der Waals surface area contributed by atoms with Gasteiger partial charge in [-0.3, -0.25) is 9.59 Å². The molecule has 0 aromatic rings. The second-order valence-electron chi connectivity index (χ2n) is 8.56. The zero-order valence-electron chi connectivity index (χ0n) is 18.7. The second-order valence-corrected chi connectivity index (χ2v) is 8.56. The van der Waals surface area contributed by atoms with Crippen molar-refractivity contribution >= 4 is 11.9 Å². The molecule has 164 valence electrons. The molecule has 0 bridgehead atoms. The average molecular weight is 397 g/mol. The highest BCUT2D eigenvalue weighted by atomic mass is 16.5. The van der Waals surface area contributed by atoms with Gasteiger partial charge in [0.1, 0.15) is 0 Å². The molecule has 0 amide bonds. The van der Waals surface area contributed by atoms with E-state index in [1.165, 1.54) is 51.4 Å². The number of rotatable bonds is 16. The Morgan fingerprint density at radius 3 is 1.68 bits per heavy atom. The quantitative estimate of drug-likeness (QED) is 0.222. The van der Waals surface area contributed by atoms with Crippen LogP contribution in [0.3, 0.4) is 0 Å². The molecule has 0 aliphatic heterocycles. The Hall–Kier alpha value is -1.06. The lowest BCUT2D eigenvalue weighted by atomic mass is 9.90. The van der Waals surface area contributed by atoms with E-state index >= 15 is 0 Å². The van der Waals surface area contributed by atoms with Crippen molar-refractivity contribution < 1.29 is 19.1 Å². The fourth-order valence-corrected chi connectivity index (χ4v) is 4.17. The zero-order chi connectivity index (χ0) is 20.6. The van der Waals surface area contributed by atoms with Gasteiger partial charge in [-0.25, -0.2) is 0 Å². The van der Waals surface area contributed by atoms with Crippen molar-refractivity contribution in [2.75, 3.05) is 13.2 Å². The monoisotopic (exact) mass is 396 g/mol. The molecule has 0 saturated heterocycles. The summed E-state index contributed by atoms with van der Waals surface area (Å²) in [4.78, 5) is 25.0. The van der Waals surface area contributed by atoms with Crippen molar-refractivity contribution in [2.24, 2.45) is 17.8 Å². The van der Waals surface area contributed by atoms with Crippen LogP contribution in [0.5, 0.6) is 0 Å². The first-order valence-electron chi connectivity index (χ1n) is 11.9. The van der Waals surface area contributed by atoms with Crippen LogP contribution in [0.4, 0.5) is 0 Å². The van der Waals surface area contributed by atoms with Crippen LogP contribution >= 0.6 is 0 Å². The molecule has 28 heavy (non-hydrogen) atoms. The molecule has 0 heterocycles. The van der Waals surface area contributed by atoms with E-state index in [9.17, 15) is 9.59 Å². The van der Waals surface area contributed by atoms with E-state index in [4.69, 9.17) is 9.47 Å². The van der Waals surface area contributed by atoms with E-state index in [2.05, 4.69) is 20.8 Å². The van der Waals surface area contributed by atoms with Crippen molar-refractivity contribution in [3.05, 3.63) is 0 Å². The Balaban J connectivity index is 2.25. The maximum absolute atomic E-state index is 12.6. The minimum absolute atomic E-state index is 0.194. The van der Waals surface area contributed by atoms with E-state index in [0.29, 0.717) is 13.2 Å². The van der Waals surface area contributed by atoms with Crippen molar-refractivity contribution in [3.8, 4) is 0 Å². The fourth-order valence-electron chi connectivity index (χ4n) is 4.17. The fraction of sp³-hybridized carbons (Fsp3) is 0.917. The molecular weight excluding hydrogens is 352 g/mol. The lowest BCUT2D eigenvalue weighted by molar-refractivity contribution is -0.160. The molecule has 3 atom stereocenters. The number of hydrogen-bond donors (Lipinski definition) is 0. The van der Waals surface area contributed by atoms with Gasteiger partial charge in [-0.05, 0) is 31.6 Å². The smallest absolute Gasteiger partial charge is 0.310 e. The predicted octanol–water partition coefficient (Wildman–Crippen LogP) is 6.46. The molecule has 4 heteroatoms. The van der Waals surface area contributed by atoms with Crippen LogP contribution in [0.2, 0.25) is 0 Å². The third-order valence-electron chi connectivity index (χ3n) is 6.04. The SMILES string of the molecule is CCCCCCCCOC(=O)C1CCC(C)C1C(=O)OCCCCCCCC. The summed E-state index contributed by atoms with van der Waals surface area (Å²) in [6.07, 6.45) is 15.7. The van der Waals surface area contributed by atoms with Crippen LogP contribution in [0, 0.1) is 17.8 Å². The summed E-state index contributed by atoms with van der Waals surface area (Å²) < 4.78 is 11.0. The molecular formula is C24H44O4. The summed E-state index contributed by atoms with van der Waals surface area (Å²) >= 11 is 0. The molecule has 1 aliphatic rings. The topological polar surface area (TPSA) is 52.6 Å². The van der Waals surface area contributed by atoms with Gasteiger partial charge in [0, 0.05) is 0 Å². The molecule has 1 saturated carbocycles. The molecule has 0 aromatic heterocycles. The van der Waals surface area contributed by atoms with Gasteiger partial charge in [-0.1, -0.05) is 85.0 Å². The third kappa shape index (κ3) is 9.93. The number of carbonyl (C=O) groups excluding carboxylic acids is 2. The Labute approximate surface area is 173 Å². The van der Waals surface area contributed by atoms with Gasteiger partial charge in [0.2, 0.25) is 0 Å². The Morgan fingerprint density at radius 1 is 0.679 bits per heavy atom. The Morgan fingerprint density at radius 2 is 1.14 bits per heavy atom. The molecule has 1 fully saturated rings. The van der Waals surface area contributed by atoms with Gasteiger partial charge in [-0.15, -0.1) is 0 Å². The van der Waals surface area contributed by atoms with Crippen LogP contribution in [0.1, 0.15) is 111 Å². The van der Waals surface area contributed by atoms with Crippen LogP contribution in [0.25, 0.3) is 0 Å². The van der Waals surface area contributed by atoms with Crippen molar-refractivity contribution in [3.63, 3.8) is 0 Å². The molecule has 1 aliphatic carbocycles. The standard InChI is InChI=1S/C24H44O4/c1-4-6-8-10-12-14-18-27-23(25)21-17-16-20(3)22(21)24(26)28-19-15-13-11-9-7-5-2/h20-22H,4-19H2,1-3H3. The van der Waals surface area contributed by atoms with Crippen LogP contribution in [-0.4, -0.2) is 25.2 Å². The second kappa shape index (κ2) is 15.8. The van der Waals surface area contributed by atoms with Gasteiger partial charge in [0.25, 0.3) is 0 Å². The summed E-state index contributed by atoms with van der Waals surface area (Å²) in [5.41, 5.74) is 0. The molecule has 4 nitrogen and oxygen atoms in total. The number of ether oxygens (including phenoxy) is 2. The van der Waals surface area contributed by atoms with Crippen molar-refractivity contribution in [1.29, 1.82) is 0 Å². The minimum atomic E-state index is -0.322. The minimum Gasteiger partial charge on any atom is -0.465 e. The van der Waals surface area contributed by atoms with E-state index < -0.39 is 0 Å². The van der Waals surface area contributed by atoms with E-state index in [-0.39, 0.29) is 29.7 Å². The first kappa shape index (κ1) is 25.0. The summed E-state index contributed by atoms with van der Waals surface area (Å²) in [5, 5.41) is 0. The summed E-state index contributed by atoms with van der Waals surface area (Å²) in [7, 11) is 0.